The number of nitrogens with zero attached hydrogens (tertiary/aromatic N) is 1. The van der Waals surface area contributed by atoms with E-state index in [-0.39, 0.29) is 17.9 Å². The number of amides is 1. The second kappa shape index (κ2) is 7.49. The van der Waals surface area contributed by atoms with E-state index in [0.29, 0.717) is 6.54 Å². The zero-order valence-corrected chi connectivity index (χ0v) is 11.0. The van der Waals surface area contributed by atoms with E-state index >= 15 is 0 Å². The van der Waals surface area contributed by atoms with Crippen LogP contribution in [0.4, 0.5) is 0 Å². The maximum Gasteiger partial charge on any atom is 0.227 e. The van der Waals surface area contributed by atoms with Crippen molar-refractivity contribution in [3.05, 3.63) is 12.7 Å². The van der Waals surface area contributed by atoms with Gasteiger partial charge in [-0.1, -0.05) is 32.3 Å². The maximum absolute atomic E-state index is 12.4. The number of hydrogen-bond donors (Lipinski definition) is 1. The molecule has 0 aromatic rings. The monoisotopic (exact) mass is 238 g/mol. The van der Waals surface area contributed by atoms with Crippen LogP contribution >= 0.6 is 0 Å². The van der Waals surface area contributed by atoms with Crippen LogP contribution in [0.25, 0.3) is 0 Å². The van der Waals surface area contributed by atoms with Crippen molar-refractivity contribution in [1.82, 2.24) is 4.90 Å². The number of carbonyl (C=O) groups is 1. The average molecular weight is 238 g/mol. The van der Waals surface area contributed by atoms with Crippen molar-refractivity contribution in [2.24, 2.45) is 11.7 Å². The summed E-state index contributed by atoms with van der Waals surface area (Å²) in [4.78, 5) is 14.3. The molecule has 0 heterocycles. The highest BCUT2D eigenvalue weighted by Crippen LogP contribution is 2.24. The average Bonchev–Trinajstić information content (AvgIpc) is 2.53. The van der Waals surface area contributed by atoms with E-state index in [2.05, 4.69) is 13.5 Å². The molecule has 0 radical (unpaired) electrons. The summed E-state index contributed by atoms with van der Waals surface area (Å²) in [5.41, 5.74) is 6.14. The molecule has 1 aliphatic rings. The van der Waals surface area contributed by atoms with Crippen LogP contribution in [0.5, 0.6) is 0 Å². The highest BCUT2D eigenvalue weighted by atomic mass is 16.2. The molecule has 0 bridgehead atoms. The van der Waals surface area contributed by atoms with Crippen LogP contribution in [0, 0.1) is 5.92 Å². The molecule has 3 nitrogen and oxygen atoms in total. The minimum absolute atomic E-state index is 0.0315. The van der Waals surface area contributed by atoms with Gasteiger partial charge < -0.3 is 10.6 Å². The minimum Gasteiger partial charge on any atom is -0.339 e. The van der Waals surface area contributed by atoms with E-state index in [1.54, 1.807) is 6.08 Å². The van der Waals surface area contributed by atoms with Crippen LogP contribution in [0.1, 0.15) is 45.4 Å². The molecule has 0 aliphatic heterocycles. The first-order chi connectivity index (χ1) is 8.20. The summed E-state index contributed by atoms with van der Waals surface area (Å²) in [7, 11) is 0. The Kier molecular flexibility index (Phi) is 6.27. The van der Waals surface area contributed by atoms with Gasteiger partial charge in [-0.3, -0.25) is 4.79 Å². The third-order valence-electron chi connectivity index (χ3n) is 3.54. The molecule has 0 spiro atoms. The Morgan fingerprint density at radius 1 is 1.41 bits per heavy atom. The van der Waals surface area contributed by atoms with E-state index in [9.17, 15) is 4.79 Å². The highest BCUT2D eigenvalue weighted by molar-refractivity contribution is 5.79. The molecule has 1 rings (SSSR count). The van der Waals surface area contributed by atoms with Gasteiger partial charge in [0.1, 0.15) is 0 Å². The predicted octanol–water partition coefficient (Wildman–Crippen LogP) is 2.32. The van der Waals surface area contributed by atoms with Gasteiger partial charge in [-0.25, -0.2) is 0 Å². The predicted molar refractivity (Wildman–Crippen MR) is 71.6 cm³/mol. The summed E-state index contributed by atoms with van der Waals surface area (Å²) in [5, 5.41) is 0. The first-order valence-corrected chi connectivity index (χ1v) is 6.86. The fourth-order valence-electron chi connectivity index (χ4n) is 2.59. The summed E-state index contributed by atoms with van der Waals surface area (Å²) in [6, 6.07) is 0.0502. The molecule has 1 fully saturated rings. The molecule has 0 aromatic carbocycles. The van der Waals surface area contributed by atoms with Crippen molar-refractivity contribution < 1.29 is 4.79 Å². The van der Waals surface area contributed by atoms with Crippen LogP contribution in [0.2, 0.25) is 0 Å². The molecular weight excluding hydrogens is 212 g/mol. The van der Waals surface area contributed by atoms with Crippen LogP contribution in [0.3, 0.4) is 0 Å². The molecular formula is C14H26N2O. The van der Waals surface area contributed by atoms with Gasteiger partial charge in [-0.15, -0.1) is 6.58 Å². The Hall–Kier alpha value is -0.830. The fourth-order valence-corrected chi connectivity index (χ4v) is 2.59. The lowest BCUT2D eigenvalue weighted by molar-refractivity contribution is -0.136. The van der Waals surface area contributed by atoms with Crippen molar-refractivity contribution in [2.75, 3.05) is 13.1 Å². The van der Waals surface area contributed by atoms with Gasteiger partial charge in [-0.05, 0) is 19.3 Å². The Morgan fingerprint density at radius 3 is 2.76 bits per heavy atom. The first-order valence-electron chi connectivity index (χ1n) is 6.86. The lowest BCUT2D eigenvalue weighted by atomic mass is 9.94. The highest BCUT2D eigenvalue weighted by Gasteiger charge is 2.29. The van der Waals surface area contributed by atoms with Crippen molar-refractivity contribution >= 4 is 5.91 Å². The Morgan fingerprint density at radius 2 is 2.12 bits per heavy atom. The van der Waals surface area contributed by atoms with Crippen molar-refractivity contribution in [3.63, 3.8) is 0 Å². The molecule has 2 unspecified atom stereocenters. The lowest BCUT2D eigenvalue weighted by Crippen LogP contribution is -2.44. The number of rotatable bonds is 5. The fraction of sp³-hybridized carbons (Fsp3) is 0.786. The van der Waals surface area contributed by atoms with Crippen LogP contribution in [-0.2, 0) is 4.79 Å². The van der Waals surface area contributed by atoms with E-state index in [1.807, 2.05) is 4.90 Å². The normalized spacial score (nSPS) is 25.1. The van der Waals surface area contributed by atoms with Gasteiger partial charge in [0.15, 0.2) is 0 Å². The first kappa shape index (κ1) is 14.2. The quantitative estimate of drug-likeness (QED) is 0.590. The molecule has 98 valence electrons. The number of hydrogen-bond acceptors (Lipinski definition) is 2. The largest absolute Gasteiger partial charge is 0.339 e. The topological polar surface area (TPSA) is 46.3 Å². The summed E-state index contributed by atoms with van der Waals surface area (Å²) in [5.74, 6) is 0.269. The standard InChI is InChI=1S/C14H26N2O/c1-3-10-16(11-4-2)14(17)12-8-6-5-7-9-13(12)15/h3,12-13H,1,4-11,15H2,2H3. The molecule has 1 amide bonds. The van der Waals surface area contributed by atoms with Crippen molar-refractivity contribution in [1.29, 1.82) is 0 Å². The molecule has 1 aliphatic carbocycles. The van der Waals surface area contributed by atoms with Crippen molar-refractivity contribution in [2.45, 2.75) is 51.5 Å². The smallest absolute Gasteiger partial charge is 0.227 e. The molecule has 3 heteroatoms. The van der Waals surface area contributed by atoms with Crippen molar-refractivity contribution in [3.8, 4) is 0 Å². The van der Waals surface area contributed by atoms with Gasteiger partial charge >= 0.3 is 0 Å². The van der Waals surface area contributed by atoms with E-state index in [0.717, 1.165) is 32.2 Å². The summed E-state index contributed by atoms with van der Waals surface area (Å²) >= 11 is 0. The van der Waals surface area contributed by atoms with Gasteiger partial charge in [0, 0.05) is 19.1 Å². The third kappa shape index (κ3) is 4.15. The second-order valence-electron chi connectivity index (χ2n) is 4.98. The molecule has 1 saturated carbocycles. The Bertz CT molecular complexity index is 253. The van der Waals surface area contributed by atoms with Gasteiger partial charge in [0.2, 0.25) is 5.91 Å². The Labute approximate surface area is 105 Å². The molecule has 0 saturated heterocycles. The second-order valence-corrected chi connectivity index (χ2v) is 4.98. The zero-order valence-electron chi connectivity index (χ0n) is 11.0. The van der Waals surface area contributed by atoms with Gasteiger partial charge in [0.05, 0.1) is 5.92 Å². The third-order valence-corrected chi connectivity index (χ3v) is 3.54. The van der Waals surface area contributed by atoms with Crippen LogP contribution in [-0.4, -0.2) is 29.9 Å². The molecule has 17 heavy (non-hydrogen) atoms. The molecule has 2 atom stereocenters. The minimum atomic E-state index is 0.0315. The molecule has 0 aromatic heterocycles. The van der Waals surface area contributed by atoms with E-state index in [4.69, 9.17) is 5.73 Å². The van der Waals surface area contributed by atoms with E-state index < -0.39 is 0 Å². The van der Waals surface area contributed by atoms with Crippen LogP contribution < -0.4 is 5.73 Å². The summed E-state index contributed by atoms with van der Waals surface area (Å²) < 4.78 is 0. The van der Waals surface area contributed by atoms with Crippen LogP contribution in [0.15, 0.2) is 12.7 Å². The van der Waals surface area contributed by atoms with Gasteiger partial charge in [-0.2, -0.15) is 0 Å². The number of carbonyl (C=O) groups excluding carboxylic acids is 1. The lowest BCUT2D eigenvalue weighted by Gasteiger charge is -2.28. The number of nitrogens with two attached hydrogens (primary N) is 1. The van der Waals surface area contributed by atoms with E-state index in [1.165, 1.54) is 12.8 Å². The Balaban J connectivity index is 2.65. The van der Waals surface area contributed by atoms with Gasteiger partial charge in [0.25, 0.3) is 0 Å². The SMILES string of the molecule is C=CCN(CCC)C(=O)C1CCCCCC1N. The summed E-state index contributed by atoms with van der Waals surface area (Å²) in [6.07, 6.45) is 8.25. The molecule has 2 N–H and O–H groups in total. The zero-order chi connectivity index (χ0) is 12.7. The summed E-state index contributed by atoms with van der Waals surface area (Å²) in [6.45, 7) is 7.28. The maximum atomic E-state index is 12.4.